The maximum absolute atomic E-state index is 5.15. The van der Waals surface area contributed by atoms with Gasteiger partial charge in [-0.05, 0) is 18.6 Å². The van der Waals surface area contributed by atoms with E-state index in [9.17, 15) is 0 Å². The summed E-state index contributed by atoms with van der Waals surface area (Å²) in [5.41, 5.74) is 0.707. The van der Waals surface area contributed by atoms with Crippen molar-refractivity contribution < 1.29 is 4.42 Å². The number of aromatic amines is 1. The summed E-state index contributed by atoms with van der Waals surface area (Å²) in [7, 11) is 0. The van der Waals surface area contributed by atoms with E-state index < -0.39 is 0 Å². The van der Waals surface area contributed by atoms with E-state index >= 15 is 0 Å². The minimum Gasteiger partial charge on any atom is -0.451 e. The molecule has 5 nitrogen and oxygen atoms in total. The van der Waals surface area contributed by atoms with Crippen LogP contribution in [0, 0.1) is 4.77 Å². The Hall–Kier alpha value is -1.43. The van der Waals surface area contributed by atoms with Gasteiger partial charge in [-0.15, -0.1) is 0 Å². The SMILES string of the molecule is CCCCn1c(-c2cocn2)n[nH]c1=S. The summed E-state index contributed by atoms with van der Waals surface area (Å²) in [6, 6.07) is 0. The lowest BCUT2D eigenvalue weighted by Crippen LogP contribution is -2.00. The van der Waals surface area contributed by atoms with E-state index in [4.69, 9.17) is 16.6 Å². The van der Waals surface area contributed by atoms with Gasteiger partial charge in [-0.25, -0.2) is 4.98 Å². The predicted molar refractivity (Wildman–Crippen MR) is 57.8 cm³/mol. The van der Waals surface area contributed by atoms with Crippen LogP contribution >= 0.6 is 12.2 Å². The molecule has 0 aromatic carbocycles. The van der Waals surface area contributed by atoms with Crippen molar-refractivity contribution in [2.24, 2.45) is 0 Å². The van der Waals surface area contributed by atoms with Gasteiger partial charge >= 0.3 is 0 Å². The molecule has 0 aliphatic rings. The normalized spacial score (nSPS) is 10.7. The van der Waals surface area contributed by atoms with Gasteiger partial charge in [0.15, 0.2) is 17.0 Å². The molecule has 80 valence electrons. The molecule has 0 saturated heterocycles. The van der Waals surface area contributed by atoms with E-state index in [1.54, 1.807) is 6.26 Å². The smallest absolute Gasteiger partial charge is 0.195 e. The number of nitrogens with one attached hydrogen (secondary N) is 1. The molecule has 2 rings (SSSR count). The van der Waals surface area contributed by atoms with E-state index in [1.165, 1.54) is 6.39 Å². The molecule has 0 saturated carbocycles. The Morgan fingerprint density at radius 3 is 3.13 bits per heavy atom. The fraction of sp³-hybridized carbons (Fsp3) is 0.444. The van der Waals surface area contributed by atoms with Crippen molar-refractivity contribution in [3.63, 3.8) is 0 Å². The predicted octanol–water partition coefficient (Wildman–Crippen LogP) is 2.40. The van der Waals surface area contributed by atoms with Gasteiger partial charge in [0, 0.05) is 6.54 Å². The van der Waals surface area contributed by atoms with E-state index in [2.05, 4.69) is 22.1 Å². The first-order chi connectivity index (χ1) is 7.33. The minimum atomic E-state index is 0.626. The number of hydrogen-bond donors (Lipinski definition) is 1. The summed E-state index contributed by atoms with van der Waals surface area (Å²) in [6.07, 6.45) is 5.13. The van der Waals surface area contributed by atoms with Crippen LogP contribution in [0.2, 0.25) is 0 Å². The number of oxazole rings is 1. The highest BCUT2D eigenvalue weighted by atomic mass is 32.1. The highest BCUT2D eigenvalue weighted by Gasteiger charge is 2.10. The van der Waals surface area contributed by atoms with Gasteiger partial charge in [0.1, 0.15) is 12.0 Å². The quantitative estimate of drug-likeness (QED) is 0.810. The topological polar surface area (TPSA) is 59.6 Å². The largest absolute Gasteiger partial charge is 0.451 e. The Morgan fingerprint density at radius 1 is 1.60 bits per heavy atom. The summed E-state index contributed by atoms with van der Waals surface area (Å²) in [5, 5.41) is 6.90. The summed E-state index contributed by atoms with van der Waals surface area (Å²) in [5.74, 6) is 0.738. The molecular formula is C9H12N4OS. The van der Waals surface area contributed by atoms with E-state index in [-0.39, 0.29) is 0 Å². The van der Waals surface area contributed by atoms with Crippen LogP contribution in [0.1, 0.15) is 19.8 Å². The Bertz CT molecular complexity index is 471. The Morgan fingerprint density at radius 2 is 2.47 bits per heavy atom. The number of rotatable bonds is 4. The second kappa shape index (κ2) is 4.39. The van der Waals surface area contributed by atoms with Crippen molar-refractivity contribution in [1.82, 2.24) is 19.7 Å². The summed E-state index contributed by atoms with van der Waals surface area (Å²) < 4.78 is 7.49. The van der Waals surface area contributed by atoms with Crippen molar-refractivity contribution in [2.45, 2.75) is 26.3 Å². The lowest BCUT2D eigenvalue weighted by atomic mass is 10.3. The fourth-order valence-electron chi connectivity index (χ4n) is 1.36. The van der Waals surface area contributed by atoms with Crippen molar-refractivity contribution >= 4 is 12.2 Å². The molecule has 2 aromatic heterocycles. The average molecular weight is 224 g/mol. The molecule has 2 heterocycles. The van der Waals surface area contributed by atoms with Gasteiger partial charge < -0.3 is 4.42 Å². The molecule has 0 bridgehead atoms. The standard InChI is InChI=1S/C9H12N4OS/c1-2-3-4-13-8(11-12-9(13)15)7-5-14-6-10-7/h5-6H,2-4H2,1H3,(H,12,15). The van der Waals surface area contributed by atoms with Gasteiger partial charge in [0.2, 0.25) is 0 Å². The van der Waals surface area contributed by atoms with Crippen LogP contribution in [0.5, 0.6) is 0 Å². The average Bonchev–Trinajstić information content (AvgIpc) is 2.84. The number of unbranched alkanes of at least 4 members (excludes halogenated alkanes) is 1. The zero-order valence-corrected chi connectivity index (χ0v) is 9.25. The summed E-state index contributed by atoms with van der Waals surface area (Å²) >= 11 is 5.15. The summed E-state index contributed by atoms with van der Waals surface area (Å²) in [4.78, 5) is 4.05. The van der Waals surface area contributed by atoms with Gasteiger partial charge in [-0.3, -0.25) is 9.67 Å². The first-order valence-corrected chi connectivity index (χ1v) is 5.27. The summed E-state index contributed by atoms with van der Waals surface area (Å²) in [6.45, 7) is 2.99. The fourth-order valence-corrected chi connectivity index (χ4v) is 1.58. The van der Waals surface area contributed by atoms with Crippen LogP contribution < -0.4 is 0 Å². The molecule has 0 radical (unpaired) electrons. The number of nitrogens with zero attached hydrogens (tertiary/aromatic N) is 3. The van der Waals surface area contributed by atoms with E-state index in [0.717, 1.165) is 25.2 Å². The van der Waals surface area contributed by atoms with E-state index in [0.29, 0.717) is 10.5 Å². The Labute approximate surface area is 92.1 Å². The highest BCUT2D eigenvalue weighted by molar-refractivity contribution is 7.71. The van der Waals surface area contributed by atoms with Gasteiger partial charge in [0.05, 0.1) is 0 Å². The van der Waals surface area contributed by atoms with Crippen molar-refractivity contribution in [3.05, 3.63) is 17.4 Å². The zero-order chi connectivity index (χ0) is 10.7. The van der Waals surface area contributed by atoms with Gasteiger partial charge in [-0.1, -0.05) is 13.3 Å². The zero-order valence-electron chi connectivity index (χ0n) is 8.43. The van der Waals surface area contributed by atoms with Crippen LogP contribution in [0.15, 0.2) is 17.1 Å². The molecule has 0 unspecified atom stereocenters. The molecular weight excluding hydrogens is 212 g/mol. The highest BCUT2D eigenvalue weighted by Crippen LogP contribution is 2.15. The van der Waals surface area contributed by atoms with Crippen molar-refractivity contribution in [3.8, 4) is 11.5 Å². The molecule has 0 aliphatic heterocycles. The maximum Gasteiger partial charge on any atom is 0.195 e. The number of H-pyrrole nitrogens is 1. The third-order valence-corrected chi connectivity index (χ3v) is 2.47. The lowest BCUT2D eigenvalue weighted by molar-refractivity contribution is 0.557. The van der Waals surface area contributed by atoms with Crippen LogP contribution in [-0.4, -0.2) is 19.7 Å². The molecule has 0 aliphatic carbocycles. The maximum atomic E-state index is 5.15. The second-order valence-corrected chi connectivity index (χ2v) is 3.62. The molecule has 0 amide bonds. The first kappa shape index (κ1) is 10.1. The van der Waals surface area contributed by atoms with E-state index in [1.807, 2.05) is 4.57 Å². The van der Waals surface area contributed by atoms with Crippen LogP contribution in [-0.2, 0) is 6.54 Å². The molecule has 1 N–H and O–H groups in total. The number of aromatic nitrogens is 4. The molecule has 2 aromatic rings. The number of hydrogen-bond acceptors (Lipinski definition) is 4. The Kier molecular flexibility index (Phi) is 2.96. The monoisotopic (exact) mass is 224 g/mol. The van der Waals surface area contributed by atoms with Crippen molar-refractivity contribution in [1.29, 1.82) is 0 Å². The second-order valence-electron chi connectivity index (χ2n) is 3.23. The van der Waals surface area contributed by atoms with Crippen LogP contribution in [0.4, 0.5) is 0 Å². The third-order valence-electron chi connectivity index (χ3n) is 2.15. The molecule has 0 atom stereocenters. The van der Waals surface area contributed by atoms with Crippen molar-refractivity contribution in [2.75, 3.05) is 0 Å². The molecule has 15 heavy (non-hydrogen) atoms. The van der Waals surface area contributed by atoms with Crippen LogP contribution in [0.3, 0.4) is 0 Å². The molecule has 0 fully saturated rings. The van der Waals surface area contributed by atoms with Gasteiger partial charge in [0.25, 0.3) is 0 Å². The first-order valence-electron chi connectivity index (χ1n) is 4.86. The Balaban J connectivity index is 2.36. The molecule has 6 heteroatoms. The molecule has 0 spiro atoms. The lowest BCUT2D eigenvalue weighted by Gasteiger charge is -2.02. The van der Waals surface area contributed by atoms with Crippen LogP contribution in [0.25, 0.3) is 11.5 Å². The van der Waals surface area contributed by atoms with Gasteiger partial charge in [-0.2, -0.15) is 5.10 Å². The minimum absolute atomic E-state index is 0.626. The third kappa shape index (κ3) is 1.99.